The first kappa shape index (κ1) is 16.0. The van der Waals surface area contributed by atoms with Gasteiger partial charge in [-0.25, -0.2) is 4.79 Å². The van der Waals surface area contributed by atoms with Crippen LogP contribution in [0.25, 0.3) is 0 Å². The van der Waals surface area contributed by atoms with Gasteiger partial charge in [0.1, 0.15) is 0 Å². The number of benzene rings is 1. The van der Waals surface area contributed by atoms with E-state index in [0.29, 0.717) is 6.54 Å². The molecule has 0 spiro atoms. The van der Waals surface area contributed by atoms with Gasteiger partial charge in [-0.15, -0.1) is 0 Å². The van der Waals surface area contributed by atoms with E-state index in [9.17, 15) is 9.59 Å². The van der Waals surface area contributed by atoms with Crippen LogP contribution in [-0.4, -0.2) is 30.7 Å². The van der Waals surface area contributed by atoms with Crippen molar-refractivity contribution in [2.75, 3.05) is 18.5 Å². The number of rotatable bonds is 6. The number of anilines is 1. The quantitative estimate of drug-likeness (QED) is 0.840. The molecule has 1 atom stereocenters. The third-order valence-electron chi connectivity index (χ3n) is 3.36. The summed E-state index contributed by atoms with van der Waals surface area (Å²) >= 11 is 0. The summed E-state index contributed by atoms with van der Waals surface area (Å²) in [6, 6.07) is 7.40. The summed E-state index contributed by atoms with van der Waals surface area (Å²) in [5.41, 5.74) is 1.86. The number of hydrogen-bond acceptors (Lipinski definition) is 2. The van der Waals surface area contributed by atoms with Gasteiger partial charge in [0, 0.05) is 25.7 Å². The van der Waals surface area contributed by atoms with Crippen LogP contribution in [0.4, 0.5) is 10.5 Å². The molecule has 0 aliphatic heterocycles. The number of aliphatic carboxylic acids is 1. The molecular weight excluding hydrogens is 256 g/mol. The van der Waals surface area contributed by atoms with Gasteiger partial charge >= 0.3 is 12.0 Å². The van der Waals surface area contributed by atoms with Crippen molar-refractivity contribution in [1.29, 1.82) is 0 Å². The summed E-state index contributed by atoms with van der Waals surface area (Å²) in [6.07, 6.45) is 0.797. The molecule has 0 heterocycles. The summed E-state index contributed by atoms with van der Waals surface area (Å²) in [4.78, 5) is 24.3. The van der Waals surface area contributed by atoms with Crippen LogP contribution in [0.3, 0.4) is 0 Å². The lowest BCUT2D eigenvalue weighted by molar-refractivity contribution is -0.138. The Bertz CT molecular complexity index is 474. The molecule has 5 nitrogen and oxygen atoms in total. The first-order valence-corrected chi connectivity index (χ1v) is 6.74. The third kappa shape index (κ3) is 4.57. The molecule has 0 aliphatic carbocycles. The van der Waals surface area contributed by atoms with Gasteiger partial charge in [0.15, 0.2) is 0 Å². The predicted molar refractivity (Wildman–Crippen MR) is 79.0 cm³/mol. The number of para-hydroxylation sites is 1. The molecule has 0 radical (unpaired) electrons. The maximum Gasteiger partial charge on any atom is 0.321 e. The SMILES string of the molecule is CCC(CNC(=O)N(C)c1ccccc1C)CC(=O)O. The molecule has 0 aromatic heterocycles. The summed E-state index contributed by atoms with van der Waals surface area (Å²) < 4.78 is 0. The molecule has 0 aliphatic rings. The molecule has 0 saturated carbocycles. The molecule has 1 unspecified atom stereocenters. The molecule has 20 heavy (non-hydrogen) atoms. The fraction of sp³-hybridized carbons (Fsp3) is 0.467. The number of nitrogens with zero attached hydrogens (tertiary/aromatic N) is 1. The van der Waals surface area contributed by atoms with Crippen molar-refractivity contribution in [3.05, 3.63) is 29.8 Å². The van der Waals surface area contributed by atoms with E-state index in [4.69, 9.17) is 5.11 Å². The minimum Gasteiger partial charge on any atom is -0.481 e. The van der Waals surface area contributed by atoms with Crippen molar-refractivity contribution in [2.45, 2.75) is 26.7 Å². The van der Waals surface area contributed by atoms with E-state index < -0.39 is 5.97 Å². The molecular formula is C15H22N2O3. The van der Waals surface area contributed by atoms with Gasteiger partial charge in [-0.3, -0.25) is 9.69 Å². The molecule has 0 fully saturated rings. The van der Waals surface area contributed by atoms with Gasteiger partial charge in [-0.2, -0.15) is 0 Å². The van der Waals surface area contributed by atoms with E-state index in [0.717, 1.165) is 17.7 Å². The van der Waals surface area contributed by atoms with Crippen LogP contribution in [0.2, 0.25) is 0 Å². The van der Waals surface area contributed by atoms with E-state index in [1.165, 1.54) is 0 Å². The minimum atomic E-state index is -0.835. The molecule has 1 aromatic rings. The Morgan fingerprint density at radius 3 is 2.55 bits per heavy atom. The van der Waals surface area contributed by atoms with Crippen LogP contribution in [0, 0.1) is 12.8 Å². The highest BCUT2D eigenvalue weighted by atomic mass is 16.4. The number of aryl methyl sites for hydroxylation is 1. The van der Waals surface area contributed by atoms with Gasteiger partial charge in [-0.1, -0.05) is 31.5 Å². The van der Waals surface area contributed by atoms with Crippen molar-refractivity contribution < 1.29 is 14.7 Å². The second-order valence-electron chi connectivity index (χ2n) is 4.90. The Morgan fingerprint density at radius 1 is 1.35 bits per heavy atom. The molecule has 1 aromatic carbocycles. The topological polar surface area (TPSA) is 69.6 Å². The number of carbonyl (C=O) groups is 2. The average molecular weight is 278 g/mol. The fourth-order valence-electron chi connectivity index (χ4n) is 2.01. The molecule has 5 heteroatoms. The molecule has 2 amide bonds. The third-order valence-corrected chi connectivity index (χ3v) is 3.36. The van der Waals surface area contributed by atoms with Gasteiger partial charge < -0.3 is 10.4 Å². The smallest absolute Gasteiger partial charge is 0.321 e. The summed E-state index contributed by atoms with van der Waals surface area (Å²) in [5, 5.41) is 11.6. The largest absolute Gasteiger partial charge is 0.481 e. The number of hydrogen-bond donors (Lipinski definition) is 2. The number of urea groups is 1. The zero-order valence-electron chi connectivity index (χ0n) is 12.2. The van der Waals surface area contributed by atoms with Gasteiger partial charge in [0.05, 0.1) is 0 Å². The second-order valence-corrected chi connectivity index (χ2v) is 4.90. The Labute approximate surface area is 119 Å². The van der Waals surface area contributed by atoms with E-state index >= 15 is 0 Å². The second kappa shape index (κ2) is 7.53. The van der Waals surface area contributed by atoms with E-state index in [2.05, 4.69) is 5.32 Å². The Kier molecular flexibility index (Phi) is 6.03. The predicted octanol–water partition coefficient (Wildman–Crippen LogP) is 2.64. The highest BCUT2D eigenvalue weighted by molar-refractivity contribution is 5.92. The Hall–Kier alpha value is -2.04. The first-order chi connectivity index (χ1) is 9.45. The Morgan fingerprint density at radius 2 is 2.00 bits per heavy atom. The number of carboxylic acids is 1. The maximum absolute atomic E-state index is 12.1. The number of carbonyl (C=O) groups excluding carboxylic acids is 1. The zero-order valence-corrected chi connectivity index (χ0v) is 12.2. The lowest BCUT2D eigenvalue weighted by Crippen LogP contribution is -2.40. The van der Waals surface area contributed by atoms with E-state index in [1.807, 2.05) is 38.1 Å². The van der Waals surface area contributed by atoms with Crippen LogP contribution < -0.4 is 10.2 Å². The zero-order chi connectivity index (χ0) is 15.1. The number of nitrogens with one attached hydrogen (secondary N) is 1. The van der Waals surface area contributed by atoms with E-state index in [1.54, 1.807) is 11.9 Å². The highest BCUT2D eigenvalue weighted by Gasteiger charge is 2.16. The summed E-state index contributed by atoms with van der Waals surface area (Å²) in [7, 11) is 1.70. The number of carboxylic acid groups (broad SMARTS) is 1. The van der Waals surface area contributed by atoms with Crippen LogP contribution in [0.5, 0.6) is 0 Å². The summed E-state index contributed by atoms with van der Waals surface area (Å²) in [5.74, 6) is -0.875. The molecule has 1 rings (SSSR count). The summed E-state index contributed by atoms with van der Waals surface area (Å²) in [6.45, 7) is 4.24. The van der Waals surface area contributed by atoms with Gasteiger partial charge in [0.25, 0.3) is 0 Å². The molecule has 110 valence electrons. The molecule has 0 bridgehead atoms. The van der Waals surface area contributed by atoms with Crippen LogP contribution in [-0.2, 0) is 4.79 Å². The average Bonchev–Trinajstić information content (AvgIpc) is 2.42. The van der Waals surface area contributed by atoms with Crippen molar-refractivity contribution >= 4 is 17.7 Å². The fourth-order valence-corrected chi connectivity index (χ4v) is 2.01. The van der Waals surface area contributed by atoms with Gasteiger partial charge in [0.2, 0.25) is 0 Å². The minimum absolute atomic E-state index is 0.0401. The lowest BCUT2D eigenvalue weighted by atomic mass is 10.0. The maximum atomic E-state index is 12.1. The number of amides is 2. The normalized spacial score (nSPS) is 11.8. The molecule has 2 N–H and O–H groups in total. The highest BCUT2D eigenvalue weighted by Crippen LogP contribution is 2.17. The van der Waals surface area contributed by atoms with Crippen LogP contribution in [0.1, 0.15) is 25.3 Å². The molecule has 0 saturated heterocycles. The van der Waals surface area contributed by atoms with Crippen LogP contribution in [0.15, 0.2) is 24.3 Å². The van der Waals surface area contributed by atoms with Crippen molar-refractivity contribution in [3.63, 3.8) is 0 Å². The first-order valence-electron chi connectivity index (χ1n) is 6.74. The van der Waals surface area contributed by atoms with Crippen molar-refractivity contribution in [2.24, 2.45) is 5.92 Å². The monoisotopic (exact) mass is 278 g/mol. The standard InChI is InChI=1S/C15H22N2O3/c1-4-12(9-14(18)19)10-16-15(20)17(3)13-8-6-5-7-11(13)2/h5-8,12H,4,9-10H2,1-3H3,(H,16,20)(H,18,19). The van der Waals surface area contributed by atoms with E-state index in [-0.39, 0.29) is 18.4 Å². The van der Waals surface area contributed by atoms with Crippen molar-refractivity contribution in [3.8, 4) is 0 Å². The van der Waals surface area contributed by atoms with Crippen LogP contribution >= 0.6 is 0 Å². The van der Waals surface area contributed by atoms with Gasteiger partial charge in [-0.05, 0) is 24.5 Å². The van der Waals surface area contributed by atoms with Crippen molar-refractivity contribution in [1.82, 2.24) is 5.32 Å². The lowest BCUT2D eigenvalue weighted by Gasteiger charge is -2.21. The Balaban J connectivity index is 2.58.